The summed E-state index contributed by atoms with van der Waals surface area (Å²) in [5, 5.41) is 6.94. The Morgan fingerprint density at radius 2 is 2.27 bits per heavy atom. The Balaban J connectivity index is 1.81. The minimum absolute atomic E-state index is 0.384. The van der Waals surface area contributed by atoms with Gasteiger partial charge in [0, 0.05) is 38.1 Å². The third-order valence-corrected chi connectivity index (χ3v) is 4.92. The Labute approximate surface area is 136 Å². The summed E-state index contributed by atoms with van der Waals surface area (Å²) in [5.41, 5.74) is -0.384. The Kier molecular flexibility index (Phi) is 4.04. The van der Waals surface area contributed by atoms with E-state index in [-0.39, 0.29) is 5.66 Å². The van der Waals surface area contributed by atoms with Crippen LogP contribution in [0.5, 0.6) is 0 Å². The first-order valence-electron chi connectivity index (χ1n) is 7.42. The molecule has 0 radical (unpaired) electrons. The second kappa shape index (κ2) is 5.83. The zero-order valence-corrected chi connectivity index (χ0v) is 14.3. The van der Waals surface area contributed by atoms with Crippen LogP contribution in [0.1, 0.15) is 19.8 Å². The summed E-state index contributed by atoms with van der Waals surface area (Å²) in [6.45, 7) is 2.08. The molecule has 3 aliphatic rings. The second-order valence-corrected chi connectivity index (χ2v) is 7.03. The van der Waals surface area contributed by atoms with E-state index in [1.54, 1.807) is 0 Å². The van der Waals surface area contributed by atoms with Crippen LogP contribution in [0.25, 0.3) is 0 Å². The molecule has 0 saturated heterocycles. The lowest BCUT2D eigenvalue weighted by molar-refractivity contribution is 0.138. The number of aliphatic imine (C=N–C) groups is 1. The number of allylic oxidation sites excluding steroid dienone is 2. The van der Waals surface area contributed by atoms with Crippen molar-refractivity contribution in [3.05, 3.63) is 35.9 Å². The van der Waals surface area contributed by atoms with Crippen LogP contribution in [-0.2, 0) is 4.74 Å². The van der Waals surface area contributed by atoms with Gasteiger partial charge in [0.1, 0.15) is 11.6 Å². The Morgan fingerprint density at radius 3 is 2.91 bits per heavy atom. The van der Waals surface area contributed by atoms with Crippen LogP contribution in [0.4, 0.5) is 0 Å². The SMILES string of the molecule is CSC1C=CC(OC2=NC3(C)CC=NN3C(N(C)C)=C2)=CC1. The van der Waals surface area contributed by atoms with E-state index in [9.17, 15) is 0 Å². The third kappa shape index (κ3) is 2.79. The Bertz CT molecular complexity index is 605. The molecule has 118 valence electrons. The van der Waals surface area contributed by atoms with Gasteiger partial charge < -0.3 is 9.64 Å². The first-order valence-corrected chi connectivity index (χ1v) is 8.71. The lowest BCUT2D eigenvalue weighted by Crippen LogP contribution is -2.44. The highest BCUT2D eigenvalue weighted by Crippen LogP contribution is 2.34. The molecule has 0 amide bonds. The molecule has 0 aromatic carbocycles. The number of rotatable bonds is 3. The second-order valence-electron chi connectivity index (χ2n) is 5.96. The number of nitrogens with zero attached hydrogens (tertiary/aromatic N) is 4. The lowest BCUT2D eigenvalue weighted by atomic mass is 10.1. The van der Waals surface area contributed by atoms with Crippen molar-refractivity contribution in [2.24, 2.45) is 10.1 Å². The van der Waals surface area contributed by atoms with Crippen LogP contribution in [0.15, 0.2) is 46.0 Å². The van der Waals surface area contributed by atoms with Gasteiger partial charge in [0.15, 0.2) is 5.66 Å². The van der Waals surface area contributed by atoms with Crippen molar-refractivity contribution < 1.29 is 4.74 Å². The predicted octanol–water partition coefficient (Wildman–Crippen LogP) is 2.80. The monoisotopic (exact) mass is 318 g/mol. The molecular formula is C16H22N4OS. The average Bonchev–Trinajstić information content (AvgIpc) is 2.88. The van der Waals surface area contributed by atoms with E-state index >= 15 is 0 Å². The maximum atomic E-state index is 6.01. The van der Waals surface area contributed by atoms with Gasteiger partial charge >= 0.3 is 0 Å². The van der Waals surface area contributed by atoms with Gasteiger partial charge in [-0.15, -0.1) is 0 Å². The molecule has 0 aromatic heterocycles. The first kappa shape index (κ1) is 15.2. The summed E-state index contributed by atoms with van der Waals surface area (Å²) in [5.74, 6) is 2.50. The summed E-state index contributed by atoms with van der Waals surface area (Å²) < 4.78 is 6.01. The maximum Gasteiger partial charge on any atom is 0.220 e. The number of ether oxygens (including phenoxy) is 1. The van der Waals surface area contributed by atoms with E-state index in [0.717, 1.165) is 24.4 Å². The molecule has 1 aliphatic carbocycles. The number of hydrogen-bond acceptors (Lipinski definition) is 6. The number of hydrazone groups is 1. The smallest absolute Gasteiger partial charge is 0.220 e. The zero-order chi connectivity index (χ0) is 15.7. The minimum atomic E-state index is -0.384. The van der Waals surface area contributed by atoms with Gasteiger partial charge in [-0.1, -0.05) is 6.08 Å². The quantitative estimate of drug-likeness (QED) is 0.802. The topological polar surface area (TPSA) is 40.4 Å². The fourth-order valence-corrected chi connectivity index (χ4v) is 3.19. The molecule has 0 fully saturated rings. The van der Waals surface area contributed by atoms with Crippen LogP contribution < -0.4 is 0 Å². The van der Waals surface area contributed by atoms with Crippen molar-refractivity contribution in [2.45, 2.75) is 30.7 Å². The van der Waals surface area contributed by atoms with Gasteiger partial charge in [0.05, 0.1) is 0 Å². The van der Waals surface area contributed by atoms with Crippen LogP contribution in [0, 0.1) is 0 Å². The molecule has 5 nitrogen and oxygen atoms in total. The van der Waals surface area contributed by atoms with E-state index in [2.05, 4.69) is 30.4 Å². The molecule has 6 heteroatoms. The standard InChI is InChI=1S/C16H22N4OS/c1-16-9-10-17-20(16)15(19(2)3)11-14(18-16)21-12-5-7-13(22-4)8-6-12/h5-7,10-11,13H,8-9H2,1-4H3. The molecule has 0 N–H and O–H groups in total. The van der Waals surface area contributed by atoms with E-state index in [4.69, 9.17) is 9.73 Å². The summed E-state index contributed by atoms with van der Waals surface area (Å²) in [6.07, 6.45) is 14.1. The molecule has 2 aliphatic heterocycles. The Morgan fingerprint density at radius 1 is 1.45 bits per heavy atom. The van der Waals surface area contributed by atoms with E-state index in [0.29, 0.717) is 11.1 Å². The van der Waals surface area contributed by atoms with Gasteiger partial charge in [0.2, 0.25) is 5.90 Å². The molecule has 0 spiro atoms. The van der Waals surface area contributed by atoms with E-state index < -0.39 is 0 Å². The minimum Gasteiger partial charge on any atom is -0.440 e. The Hall–Kier alpha value is -1.69. The molecule has 2 atom stereocenters. The van der Waals surface area contributed by atoms with Crippen molar-refractivity contribution >= 4 is 23.9 Å². The molecule has 2 unspecified atom stereocenters. The van der Waals surface area contributed by atoms with Gasteiger partial charge in [-0.05, 0) is 31.8 Å². The third-order valence-electron chi connectivity index (χ3n) is 3.96. The number of hydrogen-bond donors (Lipinski definition) is 0. The first-order chi connectivity index (χ1) is 10.5. The van der Waals surface area contributed by atoms with Gasteiger partial charge in [-0.3, -0.25) is 0 Å². The molecule has 3 rings (SSSR count). The predicted molar refractivity (Wildman–Crippen MR) is 92.8 cm³/mol. The summed E-state index contributed by atoms with van der Waals surface area (Å²) in [6, 6.07) is 0. The highest BCUT2D eigenvalue weighted by Gasteiger charge is 2.40. The summed E-state index contributed by atoms with van der Waals surface area (Å²) in [7, 11) is 4.01. The summed E-state index contributed by atoms with van der Waals surface area (Å²) >= 11 is 1.85. The highest BCUT2D eigenvalue weighted by atomic mass is 32.2. The zero-order valence-electron chi connectivity index (χ0n) is 13.5. The molecule has 0 saturated carbocycles. The fraction of sp³-hybridized carbons (Fsp3) is 0.500. The molecule has 0 aromatic rings. The lowest BCUT2D eigenvalue weighted by Gasteiger charge is -2.38. The van der Waals surface area contributed by atoms with Gasteiger partial charge in [0.25, 0.3) is 0 Å². The van der Waals surface area contributed by atoms with Gasteiger partial charge in [-0.25, -0.2) is 10.0 Å². The van der Waals surface area contributed by atoms with Crippen LogP contribution in [0.2, 0.25) is 0 Å². The summed E-state index contributed by atoms with van der Waals surface area (Å²) in [4.78, 5) is 6.79. The van der Waals surface area contributed by atoms with Crippen molar-refractivity contribution in [3.63, 3.8) is 0 Å². The van der Waals surface area contributed by atoms with Crippen LogP contribution in [0.3, 0.4) is 0 Å². The van der Waals surface area contributed by atoms with E-state index in [1.807, 2.05) is 54.1 Å². The van der Waals surface area contributed by atoms with Crippen LogP contribution in [-0.4, -0.2) is 53.3 Å². The molecule has 0 bridgehead atoms. The largest absolute Gasteiger partial charge is 0.440 e. The van der Waals surface area contributed by atoms with Crippen LogP contribution >= 0.6 is 11.8 Å². The van der Waals surface area contributed by atoms with Crippen molar-refractivity contribution in [2.75, 3.05) is 20.4 Å². The van der Waals surface area contributed by atoms with Gasteiger partial charge in [-0.2, -0.15) is 16.9 Å². The molecular weight excluding hydrogens is 296 g/mol. The maximum absolute atomic E-state index is 6.01. The molecule has 2 heterocycles. The highest BCUT2D eigenvalue weighted by molar-refractivity contribution is 7.99. The number of thioether (sulfide) groups is 1. The normalized spacial score (nSPS) is 29.7. The molecule has 22 heavy (non-hydrogen) atoms. The average molecular weight is 318 g/mol. The fourth-order valence-electron chi connectivity index (χ4n) is 2.67. The number of fused-ring (bicyclic) bond motifs is 1. The van der Waals surface area contributed by atoms with E-state index in [1.165, 1.54) is 0 Å². The van der Waals surface area contributed by atoms with Crippen molar-refractivity contribution in [1.29, 1.82) is 0 Å². The van der Waals surface area contributed by atoms with Crippen molar-refractivity contribution in [3.8, 4) is 0 Å². The van der Waals surface area contributed by atoms with Crippen molar-refractivity contribution in [1.82, 2.24) is 9.91 Å².